The molecule has 45 heavy (non-hydrogen) atoms. The number of nitrogens with one attached hydrogen (secondary N) is 1. The maximum atomic E-state index is 13.8. The number of anilines is 1. The number of halogens is 3. The zero-order chi connectivity index (χ0) is 32.4. The van der Waals surface area contributed by atoms with Crippen LogP contribution in [0.2, 0.25) is 0 Å². The van der Waals surface area contributed by atoms with Gasteiger partial charge in [-0.2, -0.15) is 17.5 Å². The highest BCUT2D eigenvalue weighted by Gasteiger charge is 2.41. The summed E-state index contributed by atoms with van der Waals surface area (Å²) in [6.45, 7) is 5.68. The molecule has 2 atom stereocenters. The highest BCUT2D eigenvalue weighted by molar-refractivity contribution is 7.89. The first-order valence-corrected chi connectivity index (χ1v) is 16.4. The molecule has 1 aromatic carbocycles. The third-order valence-corrected chi connectivity index (χ3v) is 10.1. The summed E-state index contributed by atoms with van der Waals surface area (Å²) in [5, 5.41) is 3.10. The van der Waals surface area contributed by atoms with Gasteiger partial charge in [0.25, 0.3) is 5.91 Å². The molecule has 2 aliphatic rings. The SMILES string of the molecule is CCOc1ncccc1-c1ccc(N2CCN(S(=O)(=O)c3ccccc3C(F)(F)F)C[C@H]2CC)c(C(=O)N[C@@H]2CCN(C)C2)n1. The molecule has 5 rings (SSSR count). The number of ether oxygens (including phenoxy) is 1. The van der Waals surface area contributed by atoms with Crippen LogP contribution in [0.25, 0.3) is 11.3 Å². The number of pyridine rings is 2. The van der Waals surface area contributed by atoms with Gasteiger partial charge in [-0.05, 0) is 69.8 Å². The Morgan fingerprint density at radius 1 is 1.04 bits per heavy atom. The number of carbonyl (C=O) groups is 1. The maximum Gasteiger partial charge on any atom is 0.417 e. The van der Waals surface area contributed by atoms with Crippen LogP contribution >= 0.6 is 0 Å². The number of alkyl halides is 3. The number of hydrogen-bond acceptors (Lipinski definition) is 8. The molecular weight excluding hydrogens is 609 g/mol. The van der Waals surface area contributed by atoms with Crippen molar-refractivity contribution in [2.24, 2.45) is 0 Å². The molecule has 2 saturated heterocycles. The lowest BCUT2D eigenvalue weighted by atomic mass is 10.1. The Balaban J connectivity index is 1.49. The van der Waals surface area contributed by atoms with Gasteiger partial charge in [-0.15, -0.1) is 0 Å². The third-order valence-electron chi connectivity index (χ3n) is 8.18. The standard InChI is InChI=1S/C31H37F3N6O4S/c1-4-22-20-39(45(42,43)27-11-7-6-10-24(27)31(32,33)34)17-18-40(22)26-13-12-25(23-9-8-15-35-30(23)44-5-2)37-28(26)29(41)36-21-14-16-38(3)19-21/h6-13,15,21-22H,4-5,14,16-20H2,1-3H3,(H,36,41)/t21-,22-/m1/s1. The summed E-state index contributed by atoms with van der Waals surface area (Å²) in [5.74, 6) is 0.0198. The topological polar surface area (TPSA) is 108 Å². The van der Waals surface area contributed by atoms with Crippen LogP contribution in [0.4, 0.5) is 18.9 Å². The molecule has 1 amide bonds. The van der Waals surface area contributed by atoms with Gasteiger partial charge < -0.3 is 19.9 Å². The van der Waals surface area contributed by atoms with Crippen molar-refractivity contribution < 1.29 is 31.1 Å². The van der Waals surface area contributed by atoms with E-state index in [9.17, 15) is 26.4 Å². The van der Waals surface area contributed by atoms with Crippen LogP contribution in [0.1, 0.15) is 42.7 Å². The van der Waals surface area contributed by atoms with Crippen molar-refractivity contribution in [2.75, 3.05) is 51.3 Å². The molecule has 0 radical (unpaired) electrons. The summed E-state index contributed by atoms with van der Waals surface area (Å²) in [5.41, 5.74) is 0.599. The van der Waals surface area contributed by atoms with Crippen LogP contribution in [0, 0.1) is 0 Å². The highest BCUT2D eigenvalue weighted by Crippen LogP contribution is 2.37. The van der Waals surface area contributed by atoms with Gasteiger partial charge in [0.05, 0.1) is 34.0 Å². The monoisotopic (exact) mass is 646 g/mol. The smallest absolute Gasteiger partial charge is 0.417 e. The van der Waals surface area contributed by atoms with Crippen LogP contribution in [0.5, 0.6) is 5.88 Å². The minimum absolute atomic E-state index is 0.0572. The average molecular weight is 647 g/mol. The summed E-state index contributed by atoms with van der Waals surface area (Å²) < 4.78 is 75.1. The molecule has 2 aromatic heterocycles. The fourth-order valence-corrected chi connectivity index (χ4v) is 7.60. The molecule has 2 aliphatic heterocycles. The molecule has 1 N–H and O–H groups in total. The van der Waals surface area contributed by atoms with Gasteiger partial charge in [-0.25, -0.2) is 18.4 Å². The van der Waals surface area contributed by atoms with Crippen LogP contribution in [-0.4, -0.2) is 92.0 Å². The second-order valence-corrected chi connectivity index (χ2v) is 13.1. The Morgan fingerprint density at radius 2 is 1.82 bits per heavy atom. The second-order valence-electron chi connectivity index (χ2n) is 11.2. The van der Waals surface area contributed by atoms with Gasteiger partial charge in [-0.3, -0.25) is 4.79 Å². The van der Waals surface area contributed by atoms with E-state index >= 15 is 0 Å². The van der Waals surface area contributed by atoms with Crippen LogP contribution in [-0.2, 0) is 16.2 Å². The van der Waals surface area contributed by atoms with Crippen molar-refractivity contribution in [3.05, 3.63) is 66.0 Å². The van der Waals surface area contributed by atoms with E-state index in [1.807, 2.05) is 31.9 Å². The van der Waals surface area contributed by atoms with E-state index in [1.54, 1.807) is 24.4 Å². The minimum atomic E-state index is -4.82. The number of piperazine rings is 1. The molecule has 14 heteroatoms. The number of carbonyl (C=O) groups excluding carboxylic acids is 1. The van der Waals surface area contributed by atoms with Crippen molar-refractivity contribution in [3.8, 4) is 17.1 Å². The quantitative estimate of drug-likeness (QED) is 0.367. The Labute approximate surface area is 261 Å². The van der Waals surface area contributed by atoms with Crippen LogP contribution < -0.4 is 15.0 Å². The number of benzene rings is 1. The number of sulfonamides is 1. The fourth-order valence-electron chi connectivity index (χ4n) is 5.92. The molecule has 0 saturated carbocycles. The zero-order valence-electron chi connectivity index (χ0n) is 25.4. The van der Waals surface area contributed by atoms with E-state index < -0.39 is 32.7 Å². The Hall–Kier alpha value is -3.75. The molecule has 0 unspecified atom stereocenters. The third kappa shape index (κ3) is 6.92. The van der Waals surface area contributed by atoms with E-state index in [0.717, 1.165) is 29.4 Å². The first kappa shape index (κ1) is 32.6. The van der Waals surface area contributed by atoms with E-state index in [4.69, 9.17) is 9.72 Å². The maximum absolute atomic E-state index is 13.8. The first-order chi connectivity index (χ1) is 21.4. The molecule has 0 bridgehead atoms. The second kappa shape index (κ2) is 13.3. The van der Waals surface area contributed by atoms with Gasteiger partial charge in [-0.1, -0.05) is 19.1 Å². The minimum Gasteiger partial charge on any atom is -0.477 e. The molecule has 242 valence electrons. The lowest BCUT2D eigenvalue weighted by Gasteiger charge is -2.42. The van der Waals surface area contributed by atoms with E-state index in [1.165, 1.54) is 12.1 Å². The van der Waals surface area contributed by atoms with Crippen LogP contribution in [0.3, 0.4) is 0 Å². The van der Waals surface area contributed by atoms with Gasteiger partial charge in [0, 0.05) is 44.5 Å². The summed E-state index contributed by atoms with van der Waals surface area (Å²) in [6.07, 6.45) is -1.95. The number of likely N-dealkylation sites (tertiary alicyclic amines) is 1. The van der Waals surface area contributed by atoms with E-state index in [2.05, 4.69) is 15.2 Å². The van der Waals surface area contributed by atoms with Gasteiger partial charge >= 0.3 is 6.18 Å². The predicted octanol–water partition coefficient (Wildman–Crippen LogP) is 4.28. The number of aromatic nitrogens is 2. The van der Waals surface area contributed by atoms with Crippen molar-refractivity contribution in [1.82, 2.24) is 24.5 Å². The Bertz CT molecular complexity index is 1640. The average Bonchev–Trinajstić information content (AvgIpc) is 3.44. The van der Waals surface area contributed by atoms with Gasteiger partial charge in [0.1, 0.15) is 0 Å². The molecule has 4 heterocycles. The predicted molar refractivity (Wildman–Crippen MR) is 164 cm³/mol. The van der Waals surface area contributed by atoms with Crippen molar-refractivity contribution in [2.45, 2.75) is 49.8 Å². The highest BCUT2D eigenvalue weighted by atomic mass is 32.2. The number of amides is 1. The Kier molecular flexibility index (Phi) is 9.65. The molecule has 3 aromatic rings. The van der Waals surface area contributed by atoms with Gasteiger partial charge in [0.15, 0.2) is 5.69 Å². The summed E-state index contributed by atoms with van der Waals surface area (Å²) in [7, 11) is -2.47. The number of likely N-dealkylation sites (N-methyl/N-ethyl adjacent to an activating group) is 1. The number of nitrogens with zero attached hydrogens (tertiary/aromatic N) is 5. The molecule has 0 aliphatic carbocycles. The molecule has 0 spiro atoms. The van der Waals surface area contributed by atoms with Crippen LogP contribution in [0.15, 0.2) is 59.6 Å². The summed E-state index contributed by atoms with van der Waals surface area (Å²) >= 11 is 0. The van der Waals surface area contributed by atoms with Gasteiger partial charge in [0.2, 0.25) is 15.9 Å². The number of rotatable bonds is 9. The summed E-state index contributed by atoms with van der Waals surface area (Å²) in [6, 6.07) is 10.9. The lowest BCUT2D eigenvalue weighted by molar-refractivity contribution is -0.139. The van der Waals surface area contributed by atoms with Crippen molar-refractivity contribution in [3.63, 3.8) is 0 Å². The van der Waals surface area contributed by atoms with Crippen molar-refractivity contribution in [1.29, 1.82) is 0 Å². The Morgan fingerprint density at radius 3 is 2.51 bits per heavy atom. The molecule has 2 fully saturated rings. The van der Waals surface area contributed by atoms with Crippen molar-refractivity contribution >= 4 is 21.6 Å². The first-order valence-electron chi connectivity index (χ1n) is 15.0. The molecule has 10 nitrogen and oxygen atoms in total. The fraction of sp³-hybridized carbons (Fsp3) is 0.452. The lowest BCUT2D eigenvalue weighted by Crippen LogP contribution is -2.55. The number of hydrogen-bond donors (Lipinski definition) is 1. The zero-order valence-corrected chi connectivity index (χ0v) is 26.2. The molecular formula is C31H37F3N6O4S. The van der Waals surface area contributed by atoms with E-state index in [-0.39, 0.29) is 37.3 Å². The summed E-state index contributed by atoms with van der Waals surface area (Å²) in [4.78, 5) is 26.2. The normalized spacial score (nSPS) is 19.9. The van der Waals surface area contributed by atoms with E-state index in [0.29, 0.717) is 42.4 Å². The largest absolute Gasteiger partial charge is 0.477 e.